The number of hydrogen-bond donors (Lipinski definition) is 3. The molecular formula is C37H52F3NO7. The van der Waals surface area contributed by atoms with Crippen LogP contribution >= 0.6 is 0 Å². The number of rotatable bonds is 16. The summed E-state index contributed by atoms with van der Waals surface area (Å²) in [5.74, 6) is -1.95. The zero-order valence-electron chi connectivity index (χ0n) is 28.3. The van der Waals surface area contributed by atoms with Gasteiger partial charge in [-0.2, -0.15) is 13.2 Å². The Kier molecular flexibility index (Phi) is 13.0. The number of phenolic OH excluding ortho intramolecular Hbond substituents is 1. The molecule has 0 unspecified atom stereocenters. The van der Waals surface area contributed by atoms with E-state index < -0.39 is 29.3 Å². The number of aromatic hydroxyl groups is 1. The largest absolute Gasteiger partial charge is 0.504 e. The molecule has 2 aliphatic carbocycles. The van der Waals surface area contributed by atoms with Gasteiger partial charge in [-0.25, -0.2) is 4.79 Å². The van der Waals surface area contributed by atoms with Gasteiger partial charge in [0, 0.05) is 24.4 Å². The lowest BCUT2D eigenvalue weighted by Crippen LogP contribution is -2.74. The number of likely N-dealkylation sites (N-methyl/N-ethyl adjacent to an activating group) is 1. The van der Waals surface area contributed by atoms with Gasteiger partial charge in [-0.05, 0) is 76.2 Å². The SMILES string of the molecule is CCCCCCCC/C=C\CCCCCCCC(=O)OC1=CC[C@@]2(O)[C@H]3Cc4ccc(O)c5c4[C@@]2(CCN3C)[C@H]1O5.O=C(O)C(F)(F)F. The van der Waals surface area contributed by atoms with Crippen molar-refractivity contribution in [3.8, 4) is 11.5 Å². The summed E-state index contributed by atoms with van der Waals surface area (Å²) in [5.41, 5.74) is 0.297. The van der Waals surface area contributed by atoms with Crippen LogP contribution in [0.1, 0.15) is 121 Å². The molecule has 0 saturated carbocycles. The highest BCUT2D eigenvalue weighted by Crippen LogP contribution is 2.65. The summed E-state index contributed by atoms with van der Waals surface area (Å²) in [6, 6.07) is 3.60. The van der Waals surface area contributed by atoms with Crippen LogP contribution in [0, 0.1) is 0 Å². The summed E-state index contributed by atoms with van der Waals surface area (Å²) in [6.45, 7) is 3.08. The zero-order chi connectivity index (χ0) is 35.0. The second-order valence-corrected chi connectivity index (χ2v) is 13.7. The first-order chi connectivity index (χ1) is 22.9. The van der Waals surface area contributed by atoms with Crippen LogP contribution < -0.4 is 4.74 Å². The molecule has 2 heterocycles. The average molecular weight is 680 g/mol. The highest BCUT2D eigenvalue weighted by Gasteiger charge is 2.72. The Morgan fingerprint density at radius 2 is 1.62 bits per heavy atom. The number of piperidine rings is 1. The number of aliphatic hydroxyl groups is 1. The Morgan fingerprint density at radius 1 is 1.02 bits per heavy atom. The summed E-state index contributed by atoms with van der Waals surface area (Å²) in [6.07, 6.45) is 18.9. The molecule has 1 spiro atoms. The monoisotopic (exact) mass is 679 g/mol. The van der Waals surface area contributed by atoms with E-state index in [4.69, 9.17) is 19.4 Å². The van der Waals surface area contributed by atoms with Gasteiger partial charge in [-0.15, -0.1) is 0 Å². The van der Waals surface area contributed by atoms with Crippen molar-refractivity contribution in [2.45, 2.75) is 145 Å². The summed E-state index contributed by atoms with van der Waals surface area (Å²) in [7, 11) is 2.07. The molecule has 48 heavy (non-hydrogen) atoms. The Morgan fingerprint density at radius 3 is 2.25 bits per heavy atom. The standard InChI is InChI=1S/C35H51NO5.C2HF3O2/c1-3-4-5-6-7-8-9-10-11-12-13-14-15-16-17-18-30(38)40-28-21-22-35(39)29-25-26-19-20-27(37)32-31(26)34(35,33(28)41-32)23-24-36(29)2;3-2(4,5)1(6)7/h10-11,19-21,29,33,37,39H,3-9,12-18,22-25H2,1-2H3;(H,6,7)/b11-10-;/t29-,33+,34+,35-;/m1./s1. The van der Waals surface area contributed by atoms with Crippen molar-refractivity contribution in [3.05, 3.63) is 47.2 Å². The van der Waals surface area contributed by atoms with E-state index in [9.17, 15) is 28.2 Å². The number of alkyl halides is 3. The summed E-state index contributed by atoms with van der Waals surface area (Å²) in [4.78, 5) is 24.0. The van der Waals surface area contributed by atoms with Gasteiger partial charge >= 0.3 is 18.1 Å². The first-order valence-electron chi connectivity index (χ1n) is 17.7. The van der Waals surface area contributed by atoms with Gasteiger partial charge in [0.2, 0.25) is 0 Å². The molecule has 0 radical (unpaired) electrons. The predicted octanol–water partition coefficient (Wildman–Crippen LogP) is 7.88. The maximum Gasteiger partial charge on any atom is 0.490 e. The van der Waals surface area contributed by atoms with Crippen LogP contribution in [0.5, 0.6) is 11.5 Å². The second-order valence-electron chi connectivity index (χ2n) is 13.7. The number of likely N-dealkylation sites (tertiary alicyclic amines) is 1. The lowest BCUT2D eigenvalue weighted by molar-refractivity contribution is -0.192. The number of halogens is 3. The number of hydrogen-bond acceptors (Lipinski definition) is 7. The van der Waals surface area contributed by atoms with Crippen LogP contribution in [-0.2, 0) is 26.2 Å². The van der Waals surface area contributed by atoms with E-state index in [0.29, 0.717) is 37.2 Å². The number of carbonyl (C=O) groups is 2. The highest BCUT2D eigenvalue weighted by molar-refractivity contribution is 5.73. The van der Waals surface area contributed by atoms with E-state index >= 15 is 0 Å². The molecule has 0 amide bonds. The van der Waals surface area contributed by atoms with Gasteiger partial charge in [0.1, 0.15) is 5.76 Å². The second kappa shape index (κ2) is 16.6. The molecule has 268 valence electrons. The Balaban J connectivity index is 0.000000671. The Bertz CT molecular complexity index is 1330. The molecule has 8 nitrogen and oxygen atoms in total. The third-order valence-corrected chi connectivity index (χ3v) is 10.5. The van der Waals surface area contributed by atoms with Crippen LogP contribution in [-0.4, -0.2) is 69.7 Å². The lowest BCUT2D eigenvalue weighted by Gasteiger charge is -2.61. The number of unbranched alkanes of at least 4 members (excludes halogenated alkanes) is 11. The molecule has 4 aliphatic rings. The molecule has 1 saturated heterocycles. The molecule has 2 bridgehead atoms. The minimum absolute atomic E-state index is 0.0466. The molecular weight excluding hydrogens is 627 g/mol. The summed E-state index contributed by atoms with van der Waals surface area (Å²) in [5, 5.41) is 30.0. The minimum Gasteiger partial charge on any atom is -0.504 e. The van der Waals surface area contributed by atoms with E-state index in [1.165, 1.54) is 57.8 Å². The van der Waals surface area contributed by atoms with Crippen LogP contribution in [0.2, 0.25) is 0 Å². The molecule has 1 aromatic carbocycles. The fourth-order valence-corrected chi connectivity index (χ4v) is 7.96. The lowest BCUT2D eigenvalue weighted by atomic mass is 9.50. The number of carbonyl (C=O) groups excluding carboxylic acids is 1. The zero-order valence-corrected chi connectivity index (χ0v) is 28.3. The van der Waals surface area contributed by atoms with E-state index in [1.54, 1.807) is 6.07 Å². The van der Waals surface area contributed by atoms with Crippen molar-refractivity contribution in [2.75, 3.05) is 13.6 Å². The van der Waals surface area contributed by atoms with Gasteiger partial charge in [-0.1, -0.05) is 76.5 Å². The first kappa shape index (κ1) is 37.8. The molecule has 5 rings (SSSR count). The predicted molar refractivity (Wildman–Crippen MR) is 176 cm³/mol. The average Bonchev–Trinajstić information content (AvgIpc) is 3.40. The van der Waals surface area contributed by atoms with Gasteiger partial charge in [0.05, 0.1) is 11.0 Å². The number of carboxylic acids is 1. The minimum atomic E-state index is -5.08. The first-order valence-corrected chi connectivity index (χ1v) is 17.7. The topological polar surface area (TPSA) is 117 Å². The number of allylic oxidation sites excluding steroid dienone is 2. The Labute approximate surface area is 282 Å². The number of aliphatic carboxylic acids is 1. The van der Waals surface area contributed by atoms with Crippen molar-refractivity contribution in [3.63, 3.8) is 0 Å². The Hall–Kier alpha value is -3.05. The smallest absolute Gasteiger partial charge is 0.490 e. The number of benzene rings is 1. The number of ether oxygens (including phenoxy) is 2. The van der Waals surface area contributed by atoms with Crippen LogP contribution in [0.25, 0.3) is 0 Å². The number of nitrogens with zero attached hydrogens (tertiary/aromatic N) is 1. The van der Waals surface area contributed by atoms with E-state index in [2.05, 4.69) is 31.0 Å². The fraction of sp³-hybridized carbons (Fsp3) is 0.676. The van der Waals surface area contributed by atoms with Gasteiger partial charge < -0.3 is 29.7 Å². The third kappa shape index (κ3) is 8.21. The van der Waals surface area contributed by atoms with E-state index in [-0.39, 0.29) is 17.8 Å². The molecule has 3 N–H and O–H groups in total. The van der Waals surface area contributed by atoms with Gasteiger partial charge in [0.15, 0.2) is 17.6 Å². The van der Waals surface area contributed by atoms with Gasteiger partial charge in [0.25, 0.3) is 0 Å². The normalized spacial score (nSPS) is 25.5. The third-order valence-electron chi connectivity index (χ3n) is 10.5. The van der Waals surface area contributed by atoms with Crippen LogP contribution in [0.15, 0.2) is 36.1 Å². The van der Waals surface area contributed by atoms with Crippen molar-refractivity contribution < 1.29 is 47.6 Å². The summed E-state index contributed by atoms with van der Waals surface area (Å²) >= 11 is 0. The summed E-state index contributed by atoms with van der Waals surface area (Å²) < 4.78 is 44.1. The van der Waals surface area contributed by atoms with Crippen molar-refractivity contribution in [1.82, 2.24) is 4.90 Å². The van der Waals surface area contributed by atoms with E-state index in [1.807, 2.05) is 12.1 Å². The molecule has 1 fully saturated rings. The van der Waals surface area contributed by atoms with Crippen LogP contribution in [0.3, 0.4) is 0 Å². The number of esters is 1. The highest BCUT2D eigenvalue weighted by atomic mass is 19.4. The molecule has 11 heteroatoms. The quantitative estimate of drug-likeness (QED) is 0.0918. The molecule has 4 atom stereocenters. The van der Waals surface area contributed by atoms with Crippen molar-refractivity contribution >= 4 is 11.9 Å². The van der Waals surface area contributed by atoms with Crippen LogP contribution in [0.4, 0.5) is 13.2 Å². The number of carboxylic acid groups (broad SMARTS) is 1. The molecule has 1 aromatic rings. The molecule has 2 aliphatic heterocycles. The maximum atomic E-state index is 12.9. The number of phenols is 1. The molecule has 0 aromatic heterocycles. The fourth-order valence-electron chi connectivity index (χ4n) is 7.96. The van der Waals surface area contributed by atoms with Crippen molar-refractivity contribution in [1.29, 1.82) is 0 Å². The maximum absolute atomic E-state index is 12.9. The van der Waals surface area contributed by atoms with Gasteiger partial charge in [-0.3, -0.25) is 4.79 Å². The van der Waals surface area contributed by atoms with E-state index in [0.717, 1.165) is 43.4 Å². The van der Waals surface area contributed by atoms with Crippen molar-refractivity contribution in [2.24, 2.45) is 0 Å².